The minimum atomic E-state index is -0.0467. The zero-order chi connectivity index (χ0) is 12.7. The SMILES string of the molecule is CC(C)COCCNC(=O)c1ccc(I)cc1. The van der Waals surface area contributed by atoms with Crippen molar-refractivity contribution in [2.45, 2.75) is 13.8 Å². The van der Waals surface area contributed by atoms with Crippen LogP contribution in [0.4, 0.5) is 0 Å². The minimum Gasteiger partial charge on any atom is -0.379 e. The fourth-order valence-electron chi connectivity index (χ4n) is 1.26. The molecule has 0 radical (unpaired) electrons. The summed E-state index contributed by atoms with van der Waals surface area (Å²) < 4.78 is 6.51. The van der Waals surface area contributed by atoms with E-state index in [1.54, 1.807) is 0 Å². The van der Waals surface area contributed by atoms with Gasteiger partial charge in [0.25, 0.3) is 5.91 Å². The molecule has 1 aromatic carbocycles. The Kier molecular flexibility index (Phi) is 6.50. The molecular formula is C13H18INO2. The Morgan fingerprint density at radius 2 is 2.00 bits per heavy atom. The van der Waals surface area contributed by atoms with Gasteiger partial charge < -0.3 is 10.1 Å². The second-order valence-corrected chi connectivity index (χ2v) is 5.48. The molecule has 0 heterocycles. The van der Waals surface area contributed by atoms with Crippen molar-refractivity contribution in [2.75, 3.05) is 19.8 Å². The van der Waals surface area contributed by atoms with E-state index in [1.165, 1.54) is 0 Å². The summed E-state index contributed by atoms with van der Waals surface area (Å²) in [5, 5.41) is 2.83. The van der Waals surface area contributed by atoms with E-state index in [1.807, 2.05) is 24.3 Å². The summed E-state index contributed by atoms with van der Waals surface area (Å²) in [5.41, 5.74) is 0.689. The molecule has 1 rings (SSSR count). The van der Waals surface area contributed by atoms with Gasteiger partial charge in [0.05, 0.1) is 6.61 Å². The Morgan fingerprint density at radius 1 is 1.35 bits per heavy atom. The van der Waals surface area contributed by atoms with E-state index in [-0.39, 0.29) is 5.91 Å². The summed E-state index contributed by atoms with van der Waals surface area (Å²) in [6, 6.07) is 7.49. The number of hydrogen-bond acceptors (Lipinski definition) is 2. The third kappa shape index (κ3) is 6.02. The van der Waals surface area contributed by atoms with E-state index >= 15 is 0 Å². The monoisotopic (exact) mass is 347 g/mol. The van der Waals surface area contributed by atoms with Crippen LogP contribution in [0, 0.1) is 9.49 Å². The zero-order valence-corrected chi connectivity index (χ0v) is 12.4. The van der Waals surface area contributed by atoms with Crippen molar-refractivity contribution in [3.63, 3.8) is 0 Å². The summed E-state index contributed by atoms with van der Waals surface area (Å²) in [6.07, 6.45) is 0. The summed E-state index contributed by atoms with van der Waals surface area (Å²) >= 11 is 2.21. The van der Waals surface area contributed by atoms with Crippen LogP contribution >= 0.6 is 22.6 Å². The standard InChI is InChI=1S/C13H18INO2/c1-10(2)9-17-8-7-15-13(16)11-3-5-12(14)6-4-11/h3-6,10H,7-9H2,1-2H3,(H,15,16). The van der Waals surface area contributed by atoms with Gasteiger partial charge in [0.15, 0.2) is 0 Å². The van der Waals surface area contributed by atoms with Crippen LogP contribution < -0.4 is 5.32 Å². The molecule has 1 amide bonds. The zero-order valence-electron chi connectivity index (χ0n) is 10.2. The number of nitrogens with one attached hydrogen (secondary N) is 1. The van der Waals surface area contributed by atoms with Crippen molar-refractivity contribution in [1.29, 1.82) is 0 Å². The molecule has 0 bridgehead atoms. The average molecular weight is 347 g/mol. The summed E-state index contributed by atoms with van der Waals surface area (Å²) in [6.45, 7) is 6.06. The highest BCUT2D eigenvalue weighted by Crippen LogP contribution is 2.06. The number of hydrogen-bond donors (Lipinski definition) is 1. The molecule has 0 saturated heterocycles. The van der Waals surface area contributed by atoms with E-state index in [0.717, 1.165) is 10.2 Å². The van der Waals surface area contributed by atoms with Gasteiger partial charge in [-0.1, -0.05) is 13.8 Å². The van der Waals surface area contributed by atoms with E-state index in [2.05, 4.69) is 41.8 Å². The molecule has 0 aliphatic carbocycles. The molecule has 0 saturated carbocycles. The molecule has 0 aromatic heterocycles. The fourth-order valence-corrected chi connectivity index (χ4v) is 1.62. The molecule has 0 spiro atoms. The minimum absolute atomic E-state index is 0.0467. The lowest BCUT2D eigenvalue weighted by molar-refractivity contribution is 0.0886. The first-order valence-electron chi connectivity index (χ1n) is 5.71. The van der Waals surface area contributed by atoms with Crippen LogP contribution in [-0.4, -0.2) is 25.7 Å². The lowest BCUT2D eigenvalue weighted by Crippen LogP contribution is -2.27. The lowest BCUT2D eigenvalue weighted by atomic mass is 10.2. The summed E-state index contributed by atoms with van der Waals surface area (Å²) in [4.78, 5) is 11.7. The Morgan fingerprint density at radius 3 is 2.59 bits per heavy atom. The molecule has 4 heteroatoms. The summed E-state index contributed by atoms with van der Waals surface area (Å²) in [5.74, 6) is 0.483. The van der Waals surface area contributed by atoms with E-state index in [9.17, 15) is 4.79 Å². The van der Waals surface area contributed by atoms with Gasteiger partial charge in [-0.25, -0.2) is 0 Å². The number of rotatable bonds is 6. The molecule has 0 atom stereocenters. The Hall–Kier alpha value is -0.620. The third-order valence-electron chi connectivity index (χ3n) is 2.09. The fraction of sp³-hybridized carbons (Fsp3) is 0.462. The molecule has 3 nitrogen and oxygen atoms in total. The first-order valence-corrected chi connectivity index (χ1v) is 6.79. The number of carbonyl (C=O) groups excluding carboxylic acids is 1. The van der Waals surface area contributed by atoms with Crippen LogP contribution in [-0.2, 0) is 4.74 Å². The van der Waals surface area contributed by atoms with Gasteiger partial charge >= 0.3 is 0 Å². The maximum absolute atomic E-state index is 11.7. The first kappa shape index (κ1) is 14.4. The normalized spacial score (nSPS) is 10.6. The number of ether oxygens (including phenoxy) is 1. The number of benzene rings is 1. The molecule has 1 aromatic rings. The van der Waals surface area contributed by atoms with Gasteiger partial charge in [0.1, 0.15) is 0 Å². The molecule has 0 aliphatic heterocycles. The Labute approximate surface area is 116 Å². The van der Waals surface area contributed by atoms with E-state index in [0.29, 0.717) is 24.6 Å². The second kappa shape index (κ2) is 7.66. The topological polar surface area (TPSA) is 38.3 Å². The summed E-state index contributed by atoms with van der Waals surface area (Å²) in [7, 11) is 0. The lowest BCUT2D eigenvalue weighted by Gasteiger charge is -2.08. The van der Waals surface area contributed by atoms with Crippen molar-refractivity contribution < 1.29 is 9.53 Å². The number of carbonyl (C=O) groups is 1. The van der Waals surface area contributed by atoms with Crippen molar-refractivity contribution in [3.8, 4) is 0 Å². The maximum Gasteiger partial charge on any atom is 0.251 e. The van der Waals surface area contributed by atoms with Crippen molar-refractivity contribution in [3.05, 3.63) is 33.4 Å². The number of halogens is 1. The molecule has 0 aliphatic rings. The molecule has 17 heavy (non-hydrogen) atoms. The van der Waals surface area contributed by atoms with Gasteiger partial charge in [0.2, 0.25) is 0 Å². The molecular weight excluding hydrogens is 329 g/mol. The van der Waals surface area contributed by atoms with E-state index in [4.69, 9.17) is 4.74 Å². The van der Waals surface area contributed by atoms with Gasteiger partial charge in [-0.3, -0.25) is 4.79 Å². The van der Waals surface area contributed by atoms with E-state index < -0.39 is 0 Å². The van der Waals surface area contributed by atoms with Gasteiger partial charge in [-0.2, -0.15) is 0 Å². The highest BCUT2D eigenvalue weighted by Gasteiger charge is 2.03. The highest BCUT2D eigenvalue weighted by molar-refractivity contribution is 14.1. The van der Waals surface area contributed by atoms with Crippen LogP contribution in [0.25, 0.3) is 0 Å². The van der Waals surface area contributed by atoms with Crippen LogP contribution in [0.3, 0.4) is 0 Å². The van der Waals surface area contributed by atoms with Crippen molar-refractivity contribution in [1.82, 2.24) is 5.32 Å². The van der Waals surface area contributed by atoms with Crippen molar-refractivity contribution in [2.24, 2.45) is 5.92 Å². The largest absolute Gasteiger partial charge is 0.379 e. The molecule has 1 N–H and O–H groups in total. The second-order valence-electron chi connectivity index (χ2n) is 4.23. The quantitative estimate of drug-likeness (QED) is 0.635. The van der Waals surface area contributed by atoms with Crippen LogP contribution in [0.5, 0.6) is 0 Å². The smallest absolute Gasteiger partial charge is 0.251 e. The third-order valence-corrected chi connectivity index (χ3v) is 2.81. The molecule has 0 unspecified atom stereocenters. The predicted octanol–water partition coefficient (Wildman–Crippen LogP) is 2.69. The Bertz CT molecular complexity index is 349. The predicted molar refractivity (Wildman–Crippen MR) is 77.1 cm³/mol. The highest BCUT2D eigenvalue weighted by atomic mass is 127. The van der Waals surface area contributed by atoms with Gasteiger partial charge in [0, 0.05) is 22.3 Å². The molecule has 94 valence electrons. The maximum atomic E-state index is 11.7. The van der Waals surface area contributed by atoms with Crippen LogP contribution in [0.2, 0.25) is 0 Å². The number of amides is 1. The van der Waals surface area contributed by atoms with Crippen LogP contribution in [0.1, 0.15) is 24.2 Å². The average Bonchev–Trinajstić information content (AvgIpc) is 2.29. The van der Waals surface area contributed by atoms with Crippen molar-refractivity contribution >= 4 is 28.5 Å². The van der Waals surface area contributed by atoms with Gasteiger partial charge in [-0.15, -0.1) is 0 Å². The Balaban J connectivity index is 2.23. The van der Waals surface area contributed by atoms with Gasteiger partial charge in [-0.05, 0) is 52.8 Å². The van der Waals surface area contributed by atoms with Crippen LogP contribution in [0.15, 0.2) is 24.3 Å². The first-order chi connectivity index (χ1) is 8.09. The molecule has 0 fully saturated rings.